The van der Waals surface area contributed by atoms with Crippen molar-refractivity contribution in [2.24, 2.45) is 17.3 Å². The van der Waals surface area contributed by atoms with Gasteiger partial charge in [-0.05, 0) is 56.1 Å². The van der Waals surface area contributed by atoms with Crippen LogP contribution in [0.4, 0.5) is 10.1 Å². The Labute approximate surface area is 122 Å². The Kier molecular flexibility index (Phi) is 3.51. The summed E-state index contributed by atoms with van der Waals surface area (Å²) in [5, 5.41) is 0. The van der Waals surface area contributed by atoms with Crippen LogP contribution in [0.15, 0.2) is 18.2 Å². The molecular formula is C18H26FN. The number of hydrogen-bond donors (Lipinski definition) is 0. The molecule has 2 fully saturated rings. The Balaban J connectivity index is 1.65. The molecule has 2 heteroatoms. The second-order valence-corrected chi connectivity index (χ2v) is 7.34. The summed E-state index contributed by atoms with van der Waals surface area (Å²) in [5.74, 6) is 1.66. The van der Waals surface area contributed by atoms with Crippen LogP contribution in [0.25, 0.3) is 0 Å². The first-order chi connectivity index (χ1) is 9.51. The summed E-state index contributed by atoms with van der Waals surface area (Å²) in [6.45, 7) is 8.81. The molecule has 0 amide bonds. The summed E-state index contributed by atoms with van der Waals surface area (Å²) < 4.78 is 14.0. The third kappa shape index (κ3) is 2.34. The number of rotatable bonds is 2. The molecule has 1 aliphatic carbocycles. The molecule has 0 atom stereocenters. The van der Waals surface area contributed by atoms with Gasteiger partial charge in [-0.2, -0.15) is 0 Å². The van der Waals surface area contributed by atoms with Crippen molar-refractivity contribution in [3.05, 3.63) is 29.6 Å². The van der Waals surface area contributed by atoms with Crippen LogP contribution in [-0.2, 0) is 0 Å². The molecule has 1 aromatic carbocycles. The van der Waals surface area contributed by atoms with E-state index in [1.54, 1.807) is 12.1 Å². The average molecular weight is 275 g/mol. The van der Waals surface area contributed by atoms with E-state index in [2.05, 4.69) is 18.7 Å². The monoisotopic (exact) mass is 275 g/mol. The lowest BCUT2D eigenvalue weighted by atomic mass is 9.64. The van der Waals surface area contributed by atoms with Crippen molar-refractivity contribution in [2.45, 2.75) is 46.5 Å². The lowest BCUT2D eigenvalue weighted by Gasteiger charge is -2.55. The Hall–Kier alpha value is -1.05. The predicted octanol–water partition coefficient (Wildman–Crippen LogP) is 4.79. The van der Waals surface area contributed by atoms with Crippen LogP contribution >= 0.6 is 0 Å². The van der Waals surface area contributed by atoms with E-state index in [-0.39, 0.29) is 5.82 Å². The fourth-order valence-electron chi connectivity index (χ4n) is 4.18. The SMILES string of the molecule is Cc1cccc(F)c1N1CC2(CCC(C(C)C)CC2)C1. The average Bonchev–Trinajstić information content (AvgIpc) is 2.37. The lowest BCUT2D eigenvalue weighted by molar-refractivity contribution is 0.0926. The van der Waals surface area contributed by atoms with Crippen molar-refractivity contribution < 1.29 is 4.39 Å². The maximum Gasteiger partial charge on any atom is 0.146 e. The summed E-state index contributed by atoms with van der Waals surface area (Å²) in [6.07, 6.45) is 5.39. The molecule has 0 bridgehead atoms. The van der Waals surface area contributed by atoms with Crippen LogP contribution in [0, 0.1) is 30.0 Å². The summed E-state index contributed by atoms with van der Waals surface area (Å²) in [5.41, 5.74) is 2.39. The van der Waals surface area contributed by atoms with Gasteiger partial charge in [0.15, 0.2) is 0 Å². The predicted molar refractivity (Wildman–Crippen MR) is 82.6 cm³/mol. The third-order valence-corrected chi connectivity index (χ3v) is 5.59. The van der Waals surface area contributed by atoms with Gasteiger partial charge in [0, 0.05) is 18.5 Å². The maximum atomic E-state index is 14.0. The molecule has 3 rings (SSSR count). The van der Waals surface area contributed by atoms with E-state index < -0.39 is 0 Å². The molecule has 0 unspecified atom stereocenters. The molecule has 2 aliphatic rings. The van der Waals surface area contributed by atoms with Crippen molar-refractivity contribution >= 4 is 5.69 Å². The number of nitrogens with zero attached hydrogens (tertiary/aromatic N) is 1. The minimum Gasteiger partial charge on any atom is -0.368 e. The number of para-hydroxylation sites is 1. The zero-order valence-corrected chi connectivity index (χ0v) is 13.0. The van der Waals surface area contributed by atoms with E-state index in [0.29, 0.717) is 5.41 Å². The highest BCUT2D eigenvalue weighted by Gasteiger charge is 2.46. The fraction of sp³-hybridized carbons (Fsp3) is 0.667. The topological polar surface area (TPSA) is 3.24 Å². The molecule has 20 heavy (non-hydrogen) atoms. The third-order valence-electron chi connectivity index (χ3n) is 5.59. The molecular weight excluding hydrogens is 249 g/mol. The van der Waals surface area contributed by atoms with E-state index >= 15 is 0 Å². The van der Waals surface area contributed by atoms with Crippen LogP contribution in [0.1, 0.15) is 45.1 Å². The van der Waals surface area contributed by atoms with Gasteiger partial charge in [-0.3, -0.25) is 0 Å². The molecule has 0 radical (unpaired) electrons. The zero-order valence-electron chi connectivity index (χ0n) is 13.0. The summed E-state index contributed by atoms with van der Waals surface area (Å²) >= 11 is 0. The smallest absolute Gasteiger partial charge is 0.146 e. The normalized spacial score (nSPS) is 22.4. The lowest BCUT2D eigenvalue weighted by Crippen LogP contribution is -2.58. The Morgan fingerprint density at radius 2 is 1.85 bits per heavy atom. The van der Waals surface area contributed by atoms with Gasteiger partial charge in [-0.25, -0.2) is 4.39 Å². The summed E-state index contributed by atoms with van der Waals surface area (Å²) in [6, 6.07) is 5.40. The number of hydrogen-bond acceptors (Lipinski definition) is 1. The van der Waals surface area contributed by atoms with Crippen LogP contribution < -0.4 is 4.90 Å². The second-order valence-electron chi connectivity index (χ2n) is 7.34. The molecule has 110 valence electrons. The van der Waals surface area contributed by atoms with Gasteiger partial charge < -0.3 is 4.90 Å². The zero-order chi connectivity index (χ0) is 14.3. The largest absolute Gasteiger partial charge is 0.368 e. The number of benzene rings is 1. The molecule has 1 heterocycles. The molecule has 1 spiro atoms. The van der Waals surface area contributed by atoms with Crippen molar-refractivity contribution in [2.75, 3.05) is 18.0 Å². The molecule has 1 nitrogen and oxygen atoms in total. The van der Waals surface area contributed by atoms with E-state index in [4.69, 9.17) is 0 Å². The molecule has 1 saturated heterocycles. The Morgan fingerprint density at radius 1 is 1.20 bits per heavy atom. The van der Waals surface area contributed by atoms with Crippen LogP contribution in [-0.4, -0.2) is 13.1 Å². The fourth-order valence-corrected chi connectivity index (χ4v) is 4.18. The quantitative estimate of drug-likeness (QED) is 0.750. The molecule has 0 N–H and O–H groups in total. The van der Waals surface area contributed by atoms with Crippen molar-refractivity contribution in [1.29, 1.82) is 0 Å². The van der Waals surface area contributed by atoms with Gasteiger partial charge in [0.2, 0.25) is 0 Å². The van der Waals surface area contributed by atoms with Gasteiger partial charge in [0.05, 0.1) is 5.69 Å². The minimum absolute atomic E-state index is 0.0595. The second kappa shape index (κ2) is 5.05. The van der Waals surface area contributed by atoms with E-state index in [1.807, 2.05) is 13.0 Å². The first-order valence-corrected chi connectivity index (χ1v) is 8.01. The first-order valence-electron chi connectivity index (χ1n) is 8.01. The van der Waals surface area contributed by atoms with Gasteiger partial charge in [0.25, 0.3) is 0 Å². The highest BCUT2D eigenvalue weighted by molar-refractivity contribution is 5.56. The minimum atomic E-state index is -0.0595. The van der Waals surface area contributed by atoms with Crippen LogP contribution in [0.2, 0.25) is 0 Å². The van der Waals surface area contributed by atoms with E-state index in [9.17, 15) is 4.39 Å². The highest BCUT2D eigenvalue weighted by atomic mass is 19.1. The van der Waals surface area contributed by atoms with Crippen molar-refractivity contribution in [3.63, 3.8) is 0 Å². The van der Waals surface area contributed by atoms with Gasteiger partial charge >= 0.3 is 0 Å². The first kappa shape index (κ1) is 13.9. The number of anilines is 1. The number of aryl methyl sites for hydroxylation is 1. The van der Waals surface area contributed by atoms with Gasteiger partial charge in [-0.1, -0.05) is 26.0 Å². The summed E-state index contributed by atoms with van der Waals surface area (Å²) in [4.78, 5) is 2.25. The Morgan fingerprint density at radius 3 is 2.40 bits per heavy atom. The van der Waals surface area contributed by atoms with Crippen LogP contribution in [0.5, 0.6) is 0 Å². The number of halogens is 1. The van der Waals surface area contributed by atoms with E-state index in [1.165, 1.54) is 25.7 Å². The van der Waals surface area contributed by atoms with Gasteiger partial charge in [-0.15, -0.1) is 0 Å². The van der Waals surface area contributed by atoms with Crippen molar-refractivity contribution in [1.82, 2.24) is 0 Å². The molecule has 1 aliphatic heterocycles. The molecule has 0 aromatic heterocycles. The molecule has 1 aromatic rings. The maximum absolute atomic E-state index is 14.0. The summed E-state index contributed by atoms with van der Waals surface area (Å²) in [7, 11) is 0. The molecule has 1 saturated carbocycles. The standard InChI is InChI=1S/C18H26FN/c1-13(2)15-7-9-18(10-8-15)11-20(12-18)17-14(3)5-4-6-16(17)19/h4-6,13,15H,7-12H2,1-3H3. The van der Waals surface area contributed by atoms with Gasteiger partial charge in [0.1, 0.15) is 5.82 Å². The highest BCUT2D eigenvalue weighted by Crippen LogP contribution is 2.49. The van der Waals surface area contributed by atoms with Crippen LogP contribution in [0.3, 0.4) is 0 Å². The van der Waals surface area contributed by atoms with Crippen molar-refractivity contribution in [3.8, 4) is 0 Å². The Bertz CT molecular complexity index is 458. The van der Waals surface area contributed by atoms with E-state index in [0.717, 1.165) is 36.2 Å².